The van der Waals surface area contributed by atoms with E-state index in [0.29, 0.717) is 6.54 Å². The van der Waals surface area contributed by atoms with E-state index in [0.717, 1.165) is 37.0 Å². The zero-order chi connectivity index (χ0) is 16.6. The lowest BCUT2D eigenvalue weighted by molar-refractivity contribution is 0.806. The third-order valence-electron chi connectivity index (χ3n) is 4.23. The zero-order valence-electron chi connectivity index (χ0n) is 14.6. The van der Waals surface area contributed by atoms with Crippen LogP contribution in [0, 0.1) is 0 Å². The molecule has 0 aliphatic carbocycles. The lowest BCUT2D eigenvalue weighted by Gasteiger charge is -2.16. The molecule has 0 unspecified atom stereocenters. The van der Waals surface area contributed by atoms with E-state index in [-0.39, 0.29) is 24.0 Å². The highest BCUT2D eigenvalue weighted by Crippen LogP contribution is 2.17. The van der Waals surface area contributed by atoms with E-state index < -0.39 is 0 Å². The van der Waals surface area contributed by atoms with Crippen molar-refractivity contribution < 1.29 is 0 Å². The van der Waals surface area contributed by atoms with E-state index in [4.69, 9.17) is 0 Å². The van der Waals surface area contributed by atoms with Crippen LogP contribution in [-0.4, -0.2) is 31.1 Å². The van der Waals surface area contributed by atoms with Gasteiger partial charge in [0.25, 0.3) is 0 Å². The summed E-state index contributed by atoms with van der Waals surface area (Å²) in [6, 6.07) is 14.6. The highest BCUT2D eigenvalue weighted by molar-refractivity contribution is 14.0. The number of hydrogen-bond donors (Lipinski definition) is 2. The minimum Gasteiger partial charge on any atom is -0.357 e. The minimum absolute atomic E-state index is 0. The Morgan fingerprint density at radius 1 is 1.00 bits per heavy atom. The molecule has 0 saturated carbocycles. The molecular formula is C19H26IN5. The molecule has 0 radical (unpaired) electrons. The van der Waals surface area contributed by atoms with Crippen molar-refractivity contribution in [1.29, 1.82) is 0 Å². The summed E-state index contributed by atoms with van der Waals surface area (Å²) in [7, 11) is 1.79. The molecule has 1 saturated heterocycles. The van der Waals surface area contributed by atoms with Crippen LogP contribution in [0.4, 0.5) is 5.82 Å². The summed E-state index contributed by atoms with van der Waals surface area (Å²) in [5.41, 5.74) is 2.39. The molecule has 1 aromatic carbocycles. The minimum atomic E-state index is 0. The van der Waals surface area contributed by atoms with E-state index >= 15 is 0 Å². The summed E-state index contributed by atoms with van der Waals surface area (Å²) in [6.07, 6.45) is 4.49. The molecule has 2 N–H and O–H groups in total. The molecule has 0 atom stereocenters. The van der Waals surface area contributed by atoms with Crippen LogP contribution < -0.4 is 15.5 Å². The number of nitrogens with zero attached hydrogens (tertiary/aromatic N) is 3. The van der Waals surface area contributed by atoms with Crippen molar-refractivity contribution >= 4 is 35.8 Å². The maximum atomic E-state index is 4.58. The van der Waals surface area contributed by atoms with E-state index in [1.807, 2.05) is 24.4 Å². The number of aliphatic imine (C=N–C) groups is 1. The first kappa shape index (κ1) is 19.5. The van der Waals surface area contributed by atoms with Crippen LogP contribution in [0.3, 0.4) is 0 Å². The second-order valence-electron chi connectivity index (χ2n) is 5.98. The van der Waals surface area contributed by atoms with Crippen molar-refractivity contribution in [2.75, 3.05) is 25.0 Å². The van der Waals surface area contributed by atoms with Crippen LogP contribution in [0.2, 0.25) is 0 Å². The molecule has 1 aliphatic heterocycles. The van der Waals surface area contributed by atoms with Gasteiger partial charge < -0.3 is 15.5 Å². The van der Waals surface area contributed by atoms with Gasteiger partial charge in [-0.15, -0.1) is 24.0 Å². The Balaban J connectivity index is 0.00000225. The quantitative estimate of drug-likeness (QED) is 0.417. The number of halogens is 1. The van der Waals surface area contributed by atoms with Gasteiger partial charge in [-0.05, 0) is 30.0 Å². The number of benzene rings is 1. The predicted octanol–water partition coefficient (Wildman–Crippen LogP) is 3.17. The lowest BCUT2D eigenvalue weighted by atomic mass is 10.2. The Morgan fingerprint density at radius 2 is 1.68 bits per heavy atom. The van der Waals surface area contributed by atoms with Crippen molar-refractivity contribution in [1.82, 2.24) is 15.6 Å². The zero-order valence-corrected chi connectivity index (χ0v) is 16.9. The fourth-order valence-corrected chi connectivity index (χ4v) is 2.84. The molecular weight excluding hydrogens is 425 g/mol. The average Bonchev–Trinajstić information content (AvgIpc) is 3.18. The van der Waals surface area contributed by atoms with Crippen molar-refractivity contribution in [2.24, 2.45) is 4.99 Å². The summed E-state index contributed by atoms with van der Waals surface area (Å²) >= 11 is 0. The molecule has 6 heteroatoms. The molecule has 0 spiro atoms. The summed E-state index contributed by atoms with van der Waals surface area (Å²) < 4.78 is 0. The largest absolute Gasteiger partial charge is 0.357 e. The molecule has 25 heavy (non-hydrogen) atoms. The third-order valence-corrected chi connectivity index (χ3v) is 4.23. The van der Waals surface area contributed by atoms with Crippen LogP contribution in [0.5, 0.6) is 0 Å². The van der Waals surface area contributed by atoms with Gasteiger partial charge >= 0.3 is 0 Å². The summed E-state index contributed by atoms with van der Waals surface area (Å²) in [6.45, 7) is 3.72. The van der Waals surface area contributed by atoms with Gasteiger partial charge in [0, 0.05) is 39.4 Å². The molecule has 1 fully saturated rings. The van der Waals surface area contributed by atoms with Crippen molar-refractivity contribution in [3.05, 3.63) is 59.8 Å². The van der Waals surface area contributed by atoms with Gasteiger partial charge in [0.2, 0.25) is 0 Å². The molecule has 0 amide bonds. The molecule has 1 aromatic heterocycles. The van der Waals surface area contributed by atoms with Gasteiger partial charge in [0.15, 0.2) is 5.96 Å². The predicted molar refractivity (Wildman–Crippen MR) is 115 cm³/mol. The molecule has 3 rings (SSSR count). The van der Waals surface area contributed by atoms with Crippen LogP contribution in [-0.2, 0) is 13.1 Å². The molecule has 0 bridgehead atoms. The Morgan fingerprint density at radius 3 is 2.28 bits per heavy atom. The van der Waals surface area contributed by atoms with Crippen LogP contribution in [0.25, 0.3) is 0 Å². The molecule has 2 aromatic rings. The van der Waals surface area contributed by atoms with Gasteiger partial charge in [0.05, 0.1) is 0 Å². The monoisotopic (exact) mass is 451 g/mol. The van der Waals surface area contributed by atoms with Gasteiger partial charge in [-0.1, -0.05) is 36.4 Å². The van der Waals surface area contributed by atoms with Crippen molar-refractivity contribution in [2.45, 2.75) is 25.9 Å². The SMILES string of the molecule is CN=C(NCc1ccccc1)NCc1ccc(N2CCCC2)nc1.I. The van der Waals surface area contributed by atoms with Crippen LogP contribution in [0.1, 0.15) is 24.0 Å². The Labute approximate surface area is 167 Å². The lowest BCUT2D eigenvalue weighted by Crippen LogP contribution is -2.36. The number of guanidine groups is 1. The number of aromatic nitrogens is 1. The number of pyridine rings is 1. The second kappa shape index (κ2) is 10.2. The van der Waals surface area contributed by atoms with E-state index in [1.165, 1.54) is 18.4 Å². The average molecular weight is 451 g/mol. The summed E-state index contributed by atoms with van der Waals surface area (Å²) in [4.78, 5) is 11.2. The molecule has 134 valence electrons. The number of hydrogen-bond acceptors (Lipinski definition) is 3. The van der Waals surface area contributed by atoms with Crippen molar-refractivity contribution in [3.63, 3.8) is 0 Å². The highest BCUT2D eigenvalue weighted by atomic mass is 127. The first-order valence-electron chi connectivity index (χ1n) is 8.53. The standard InChI is InChI=1S/C19H25N5.HI/c1-20-19(22-13-16-7-3-2-4-8-16)23-15-17-9-10-18(21-14-17)24-11-5-6-12-24;/h2-4,7-10,14H,5-6,11-13,15H2,1H3,(H2,20,22,23);1H. The maximum Gasteiger partial charge on any atom is 0.191 e. The van der Waals surface area contributed by atoms with E-state index in [9.17, 15) is 0 Å². The molecule has 1 aliphatic rings. The second-order valence-corrected chi connectivity index (χ2v) is 5.98. The fourth-order valence-electron chi connectivity index (χ4n) is 2.84. The first-order valence-corrected chi connectivity index (χ1v) is 8.53. The van der Waals surface area contributed by atoms with Crippen LogP contribution in [0.15, 0.2) is 53.7 Å². The van der Waals surface area contributed by atoms with Gasteiger partial charge in [-0.2, -0.15) is 0 Å². The molecule has 2 heterocycles. The van der Waals surface area contributed by atoms with Gasteiger partial charge in [-0.3, -0.25) is 4.99 Å². The normalized spacial score (nSPS) is 14.1. The van der Waals surface area contributed by atoms with Crippen LogP contribution >= 0.6 is 24.0 Å². The van der Waals surface area contributed by atoms with E-state index in [1.54, 1.807) is 7.05 Å². The maximum absolute atomic E-state index is 4.58. The summed E-state index contributed by atoms with van der Waals surface area (Å²) in [5.74, 6) is 1.88. The Bertz CT molecular complexity index is 651. The smallest absolute Gasteiger partial charge is 0.191 e. The third kappa shape index (κ3) is 5.88. The van der Waals surface area contributed by atoms with E-state index in [2.05, 4.69) is 49.8 Å². The highest BCUT2D eigenvalue weighted by Gasteiger charge is 2.12. The topological polar surface area (TPSA) is 52.6 Å². The number of rotatable bonds is 5. The van der Waals surface area contributed by atoms with Gasteiger partial charge in [-0.25, -0.2) is 4.98 Å². The Kier molecular flexibility index (Phi) is 7.97. The Hall–Kier alpha value is -1.83. The van der Waals surface area contributed by atoms with Crippen molar-refractivity contribution in [3.8, 4) is 0 Å². The fraction of sp³-hybridized carbons (Fsp3) is 0.368. The number of nitrogens with one attached hydrogen (secondary N) is 2. The summed E-state index contributed by atoms with van der Waals surface area (Å²) in [5, 5.41) is 6.65. The first-order chi connectivity index (χ1) is 11.8. The molecule has 5 nitrogen and oxygen atoms in total. The number of anilines is 1. The van der Waals surface area contributed by atoms with Gasteiger partial charge in [0.1, 0.15) is 5.82 Å².